The lowest BCUT2D eigenvalue weighted by Gasteiger charge is -2.22. The monoisotopic (exact) mass is 371 g/mol. The molecule has 1 aromatic rings. The average Bonchev–Trinajstić information content (AvgIpc) is 2.51. The fourth-order valence-corrected chi connectivity index (χ4v) is 2.28. The van der Waals surface area contributed by atoms with Crippen molar-refractivity contribution in [2.75, 3.05) is 14.2 Å². The van der Waals surface area contributed by atoms with Crippen molar-refractivity contribution in [3.05, 3.63) is 34.3 Å². The smallest absolute Gasteiger partial charge is 0.328 e. The molecule has 0 aliphatic carbocycles. The summed E-state index contributed by atoms with van der Waals surface area (Å²) < 4.78 is 10.0. The van der Waals surface area contributed by atoms with Gasteiger partial charge in [-0.15, -0.1) is 0 Å². The van der Waals surface area contributed by atoms with Gasteiger partial charge in [-0.2, -0.15) is 0 Å². The molecule has 0 unspecified atom stereocenters. The van der Waals surface area contributed by atoms with E-state index in [1.165, 1.54) is 14.2 Å². The van der Waals surface area contributed by atoms with Crippen molar-refractivity contribution >= 4 is 33.8 Å². The number of halogens is 1. The van der Waals surface area contributed by atoms with Crippen LogP contribution in [0.4, 0.5) is 0 Å². The van der Waals surface area contributed by atoms with E-state index in [9.17, 15) is 14.4 Å². The summed E-state index contributed by atoms with van der Waals surface area (Å²) in [7, 11) is 2.49. The second-order valence-electron chi connectivity index (χ2n) is 4.74. The summed E-state index contributed by atoms with van der Waals surface area (Å²) in [6.45, 7) is 1.67. The molecule has 120 valence electrons. The van der Waals surface area contributed by atoms with Gasteiger partial charge in [0.05, 0.1) is 20.6 Å². The van der Waals surface area contributed by atoms with Crippen molar-refractivity contribution in [3.8, 4) is 0 Å². The highest BCUT2D eigenvalue weighted by Gasteiger charge is 2.29. The topological polar surface area (TPSA) is 81.7 Å². The summed E-state index contributed by atoms with van der Waals surface area (Å²) in [6, 6.07) is 5.82. The maximum absolute atomic E-state index is 12.2. The van der Waals surface area contributed by atoms with Crippen LogP contribution in [0.1, 0.15) is 23.7 Å². The molecule has 6 nitrogen and oxygen atoms in total. The van der Waals surface area contributed by atoms with Crippen LogP contribution in [0.15, 0.2) is 28.7 Å². The summed E-state index contributed by atoms with van der Waals surface area (Å²) in [5.74, 6) is -1.96. The van der Waals surface area contributed by atoms with E-state index < -0.39 is 29.8 Å². The number of hydrogen-bond acceptors (Lipinski definition) is 5. The van der Waals surface area contributed by atoms with Crippen molar-refractivity contribution < 1.29 is 23.9 Å². The second-order valence-corrected chi connectivity index (χ2v) is 5.66. The minimum Gasteiger partial charge on any atom is -0.469 e. The van der Waals surface area contributed by atoms with Gasteiger partial charge >= 0.3 is 11.9 Å². The Labute approximate surface area is 137 Å². The number of methoxy groups -OCH3 is 2. The zero-order valence-electron chi connectivity index (χ0n) is 12.6. The molecule has 0 aliphatic heterocycles. The number of nitrogens with one attached hydrogen (secondary N) is 1. The molecule has 1 aromatic carbocycles. The molecule has 1 amide bonds. The Morgan fingerprint density at radius 3 is 2.45 bits per heavy atom. The number of amides is 1. The summed E-state index contributed by atoms with van der Waals surface area (Å²) in [4.78, 5) is 35.4. The third-order valence-corrected chi connectivity index (χ3v) is 3.61. The molecule has 0 bridgehead atoms. The maximum atomic E-state index is 12.2. The van der Waals surface area contributed by atoms with Crippen LogP contribution in [0, 0.1) is 5.92 Å². The normalized spacial score (nSPS) is 12.9. The van der Waals surface area contributed by atoms with Crippen LogP contribution in [0.2, 0.25) is 0 Å². The number of carbonyl (C=O) groups excluding carboxylic acids is 3. The number of carbonyl (C=O) groups is 3. The van der Waals surface area contributed by atoms with Gasteiger partial charge in [-0.05, 0) is 24.1 Å². The Bertz CT molecular complexity index is 561. The Balaban J connectivity index is 2.87. The van der Waals surface area contributed by atoms with E-state index in [0.29, 0.717) is 5.56 Å². The highest BCUT2D eigenvalue weighted by molar-refractivity contribution is 9.10. The Morgan fingerprint density at radius 2 is 1.91 bits per heavy atom. The fraction of sp³-hybridized carbons (Fsp3) is 0.400. The number of benzene rings is 1. The van der Waals surface area contributed by atoms with Crippen LogP contribution in [0.5, 0.6) is 0 Å². The van der Waals surface area contributed by atoms with E-state index in [4.69, 9.17) is 4.74 Å². The molecule has 0 radical (unpaired) electrons. The summed E-state index contributed by atoms with van der Waals surface area (Å²) >= 11 is 3.28. The number of hydrogen-bond donors (Lipinski definition) is 1. The first-order valence-electron chi connectivity index (χ1n) is 6.60. The van der Waals surface area contributed by atoms with Crippen molar-refractivity contribution in [1.29, 1.82) is 0 Å². The fourth-order valence-electron chi connectivity index (χ4n) is 1.88. The summed E-state index contributed by atoms with van der Waals surface area (Å²) in [5, 5.41) is 2.60. The van der Waals surface area contributed by atoms with Crippen LogP contribution in [-0.4, -0.2) is 38.1 Å². The summed E-state index contributed by atoms with van der Waals surface area (Å²) in [5.41, 5.74) is 0.397. The minimum absolute atomic E-state index is 0.00493. The van der Waals surface area contributed by atoms with Crippen LogP contribution in [0.25, 0.3) is 0 Å². The molecule has 0 spiro atoms. The van der Waals surface area contributed by atoms with E-state index in [-0.39, 0.29) is 6.42 Å². The lowest BCUT2D eigenvalue weighted by atomic mass is 9.98. The SMILES string of the molecule is COC(=O)C[C@@H](C)[C@H](NC(=O)c1cccc(Br)c1)C(=O)OC. The first kappa shape index (κ1) is 18.2. The largest absolute Gasteiger partial charge is 0.469 e. The first-order chi connectivity index (χ1) is 10.4. The molecule has 2 atom stereocenters. The van der Waals surface area contributed by atoms with Crippen molar-refractivity contribution in [3.63, 3.8) is 0 Å². The van der Waals surface area contributed by atoms with Gasteiger partial charge in [-0.25, -0.2) is 4.79 Å². The lowest BCUT2D eigenvalue weighted by molar-refractivity contribution is -0.146. The molecular formula is C15H18BrNO5. The van der Waals surface area contributed by atoms with Crippen molar-refractivity contribution in [2.24, 2.45) is 5.92 Å². The van der Waals surface area contributed by atoms with E-state index in [2.05, 4.69) is 26.0 Å². The molecular weight excluding hydrogens is 354 g/mol. The Hall–Kier alpha value is -1.89. The molecule has 0 saturated heterocycles. The predicted molar refractivity (Wildman–Crippen MR) is 83.2 cm³/mol. The van der Waals surface area contributed by atoms with Crippen LogP contribution >= 0.6 is 15.9 Å². The van der Waals surface area contributed by atoms with Gasteiger partial charge in [0, 0.05) is 10.0 Å². The van der Waals surface area contributed by atoms with Gasteiger partial charge in [-0.3, -0.25) is 9.59 Å². The Morgan fingerprint density at radius 1 is 1.23 bits per heavy atom. The van der Waals surface area contributed by atoms with Gasteiger partial charge in [0.25, 0.3) is 5.91 Å². The van der Waals surface area contributed by atoms with Crippen LogP contribution in [0.3, 0.4) is 0 Å². The maximum Gasteiger partial charge on any atom is 0.328 e. The predicted octanol–water partition coefficient (Wildman–Crippen LogP) is 1.92. The van der Waals surface area contributed by atoms with E-state index in [1.54, 1.807) is 31.2 Å². The van der Waals surface area contributed by atoms with Gasteiger partial charge in [0.1, 0.15) is 6.04 Å². The van der Waals surface area contributed by atoms with Gasteiger partial charge in [-0.1, -0.05) is 28.9 Å². The second kappa shape index (κ2) is 8.53. The van der Waals surface area contributed by atoms with Crippen LogP contribution < -0.4 is 5.32 Å². The molecule has 0 fully saturated rings. The number of ether oxygens (including phenoxy) is 2. The molecule has 1 N–H and O–H groups in total. The number of esters is 2. The van der Waals surface area contributed by atoms with E-state index >= 15 is 0 Å². The van der Waals surface area contributed by atoms with E-state index in [1.807, 2.05) is 0 Å². The molecule has 1 rings (SSSR count). The molecule has 0 saturated carbocycles. The lowest BCUT2D eigenvalue weighted by Crippen LogP contribution is -2.46. The molecule has 7 heteroatoms. The minimum atomic E-state index is -0.935. The third-order valence-electron chi connectivity index (χ3n) is 3.11. The van der Waals surface area contributed by atoms with Crippen molar-refractivity contribution in [2.45, 2.75) is 19.4 Å². The summed E-state index contributed by atoms with van der Waals surface area (Å²) in [6.07, 6.45) is -0.00493. The average molecular weight is 372 g/mol. The zero-order valence-corrected chi connectivity index (χ0v) is 14.2. The van der Waals surface area contributed by atoms with E-state index in [0.717, 1.165) is 4.47 Å². The van der Waals surface area contributed by atoms with Gasteiger partial charge in [0.2, 0.25) is 0 Å². The molecule has 0 aliphatic rings. The number of rotatable bonds is 6. The van der Waals surface area contributed by atoms with Crippen molar-refractivity contribution in [1.82, 2.24) is 5.32 Å². The molecule has 22 heavy (non-hydrogen) atoms. The molecule has 0 heterocycles. The first-order valence-corrected chi connectivity index (χ1v) is 7.39. The Kier molecular flexibility index (Phi) is 7.04. The molecule has 0 aromatic heterocycles. The highest BCUT2D eigenvalue weighted by atomic mass is 79.9. The third kappa shape index (κ3) is 5.14. The van der Waals surface area contributed by atoms with Gasteiger partial charge < -0.3 is 14.8 Å². The highest BCUT2D eigenvalue weighted by Crippen LogP contribution is 2.14. The standard InChI is InChI=1S/C15H18BrNO5/c1-9(7-12(18)21-2)13(15(20)22-3)17-14(19)10-5-4-6-11(16)8-10/h4-6,8-9,13H,7H2,1-3H3,(H,17,19)/t9-,13+/m1/s1. The zero-order chi connectivity index (χ0) is 16.7. The quantitative estimate of drug-likeness (QED) is 0.772. The van der Waals surface area contributed by atoms with Crippen LogP contribution in [-0.2, 0) is 19.1 Å². The van der Waals surface area contributed by atoms with Gasteiger partial charge in [0.15, 0.2) is 0 Å².